The Hall–Kier alpha value is -0.970. The third-order valence-corrected chi connectivity index (χ3v) is 2.63. The van der Waals surface area contributed by atoms with E-state index < -0.39 is 4.92 Å². The van der Waals surface area contributed by atoms with Gasteiger partial charge in [-0.25, -0.2) is 0 Å². The first-order valence-corrected chi connectivity index (χ1v) is 4.75. The van der Waals surface area contributed by atoms with Crippen LogP contribution in [0, 0.1) is 10.1 Å². The molecule has 4 nitrogen and oxygen atoms in total. The van der Waals surface area contributed by atoms with Crippen molar-refractivity contribution in [3.8, 4) is 5.75 Å². The fourth-order valence-corrected chi connectivity index (χ4v) is 1.58. The summed E-state index contributed by atoms with van der Waals surface area (Å²) in [4.78, 5) is 9.40. The number of rotatable bonds is 2. The molecule has 1 rings (SSSR count). The minimum Gasteiger partial charge on any atom is -0.506 e. The van der Waals surface area contributed by atoms with Gasteiger partial charge in [-0.1, -0.05) is 34.8 Å². The van der Waals surface area contributed by atoms with Crippen LogP contribution in [-0.4, -0.2) is 10.0 Å². The van der Waals surface area contributed by atoms with Crippen molar-refractivity contribution in [1.29, 1.82) is 0 Å². The molecular weight excluding hydrogens is 264 g/mol. The molecule has 0 saturated heterocycles. The van der Waals surface area contributed by atoms with Crippen molar-refractivity contribution in [2.45, 2.75) is 0 Å². The largest absolute Gasteiger partial charge is 0.506 e. The van der Waals surface area contributed by atoms with E-state index in [1.165, 1.54) is 6.07 Å². The van der Waals surface area contributed by atoms with Crippen molar-refractivity contribution in [3.63, 3.8) is 0 Å². The van der Waals surface area contributed by atoms with Crippen molar-refractivity contribution in [2.24, 2.45) is 0 Å². The van der Waals surface area contributed by atoms with Crippen LogP contribution < -0.4 is 0 Å². The molecule has 7 heteroatoms. The zero-order valence-electron chi connectivity index (χ0n) is 7.08. The van der Waals surface area contributed by atoms with Gasteiger partial charge in [0.1, 0.15) is 5.75 Å². The van der Waals surface area contributed by atoms with Gasteiger partial charge in [-0.3, -0.25) is 10.1 Å². The Kier molecular flexibility index (Phi) is 3.79. The van der Waals surface area contributed by atoms with E-state index >= 15 is 0 Å². The average molecular weight is 268 g/mol. The summed E-state index contributed by atoms with van der Waals surface area (Å²) in [6.07, 6.45) is 1.66. The predicted octanol–water partition coefficient (Wildman–Crippen LogP) is 3.60. The molecule has 0 aliphatic heterocycles. The molecule has 0 fully saturated rings. The zero-order valence-corrected chi connectivity index (χ0v) is 9.34. The SMILES string of the molecule is O=[N+]([O-])/C=C/c1c(O)c(Cl)cc(Cl)c1Cl. The fourth-order valence-electron chi connectivity index (χ4n) is 0.892. The van der Waals surface area contributed by atoms with Crippen LogP contribution in [0.5, 0.6) is 5.75 Å². The van der Waals surface area contributed by atoms with Crippen LogP contribution >= 0.6 is 34.8 Å². The van der Waals surface area contributed by atoms with Crippen LogP contribution in [0.2, 0.25) is 15.1 Å². The molecule has 0 radical (unpaired) electrons. The van der Waals surface area contributed by atoms with Crippen molar-refractivity contribution in [2.75, 3.05) is 0 Å². The molecule has 0 amide bonds. The molecule has 0 unspecified atom stereocenters. The van der Waals surface area contributed by atoms with Crippen LogP contribution in [0.4, 0.5) is 0 Å². The van der Waals surface area contributed by atoms with E-state index in [2.05, 4.69) is 0 Å². The highest BCUT2D eigenvalue weighted by atomic mass is 35.5. The Bertz CT molecular complexity index is 419. The second-order valence-electron chi connectivity index (χ2n) is 2.52. The second-order valence-corrected chi connectivity index (χ2v) is 3.71. The van der Waals surface area contributed by atoms with Gasteiger partial charge < -0.3 is 5.11 Å². The lowest BCUT2D eigenvalue weighted by Crippen LogP contribution is -1.85. The smallest absolute Gasteiger partial charge is 0.235 e. The van der Waals surface area contributed by atoms with E-state index in [0.29, 0.717) is 6.20 Å². The van der Waals surface area contributed by atoms with E-state index in [-0.39, 0.29) is 26.4 Å². The van der Waals surface area contributed by atoms with Gasteiger partial charge in [-0.2, -0.15) is 0 Å². The number of halogens is 3. The van der Waals surface area contributed by atoms with Gasteiger partial charge in [-0.05, 0) is 6.07 Å². The number of benzene rings is 1. The molecule has 1 N–H and O–H groups in total. The summed E-state index contributed by atoms with van der Waals surface area (Å²) in [6.45, 7) is 0. The minimum atomic E-state index is -0.690. The lowest BCUT2D eigenvalue weighted by atomic mass is 10.2. The Morgan fingerprint density at radius 2 is 1.93 bits per heavy atom. The molecular formula is C8H4Cl3NO3. The Balaban J connectivity index is 3.33. The topological polar surface area (TPSA) is 63.4 Å². The molecule has 1 aromatic carbocycles. The first-order valence-electron chi connectivity index (χ1n) is 3.61. The van der Waals surface area contributed by atoms with E-state index in [0.717, 1.165) is 6.08 Å². The second kappa shape index (κ2) is 4.70. The van der Waals surface area contributed by atoms with Crippen molar-refractivity contribution < 1.29 is 10.0 Å². The third-order valence-electron chi connectivity index (χ3n) is 1.54. The summed E-state index contributed by atoms with van der Waals surface area (Å²) in [5.74, 6) is -0.343. The highest BCUT2D eigenvalue weighted by molar-refractivity contribution is 6.44. The molecule has 0 saturated carbocycles. The maximum absolute atomic E-state index is 10.1. The van der Waals surface area contributed by atoms with E-state index in [1.54, 1.807) is 0 Å². The summed E-state index contributed by atoms with van der Waals surface area (Å²) >= 11 is 17.0. The Labute approximate surface area is 99.8 Å². The monoisotopic (exact) mass is 267 g/mol. The van der Waals surface area contributed by atoms with Gasteiger partial charge in [0.25, 0.3) is 0 Å². The molecule has 15 heavy (non-hydrogen) atoms. The molecule has 0 bridgehead atoms. The number of aromatic hydroxyl groups is 1. The van der Waals surface area contributed by atoms with Gasteiger partial charge in [0.2, 0.25) is 6.20 Å². The fraction of sp³-hybridized carbons (Fsp3) is 0. The summed E-state index contributed by atoms with van der Waals surface area (Å²) in [5, 5.41) is 19.7. The highest BCUT2D eigenvalue weighted by Crippen LogP contribution is 2.38. The van der Waals surface area contributed by atoms with Crippen molar-refractivity contribution >= 4 is 40.9 Å². The summed E-state index contributed by atoms with van der Waals surface area (Å²) in [7, 11) is 0. The normalized spacial score (nSPS) is 10.9. The van der Waals surface area contributed by atoms with Crippen LogP contribution in [-0.2, 0) is 0 Å². The Morgan fingerprint density at radius 1 is 1.33 bits per heavy atom. The minimum absolute atomic E-state index is 0.0108. The number of hydrogen-bond donors (Lipinski definition) is 1. The predicted molar refractivity (Wildman–Crippen MR) is 59.2 cm³/mol. The van der Waals surface area contributed by atoms with E-state index in [1.807, 2.05) is 0 Å². The molecule has 0 spiro atoms. The van der Waals surface area contributed by atoms with Crippen LogP contribution in [0.1, 0.15) is 5.56 Å². The molecule has 80 valence electrons. The molecule has 0 aliphatic carbocycles. The maximum Gasteiger partial charge on any atom is 0.235 e. The summed E-state index contributed by atoms with van der Waals surface area (Å²) in [6, 6.07) is 1.25. The van der Waals surface area contributed by atoms with Crippen LogP contribution in [0.3, 0.4) is 0 Å². The first-order chi connectivity index (χ1) is 6.93. The quantitative estimate of drug-likeness (QED) is 0.506. The van der Waals surface area contributed by atoms with Gasteiger partial charge in [0, 0.05) is 11.6 Å². The summed E-state index contributed by atoms with van der Waals surface area (Å²) < 4.78 is 0. The van der Waals surface area contributed by atoms with Crippen LogP contribution in [0.15, 0.2) is 12.3 Å². The number of hydrogen-bond acceptors (Lipinski definition) is 3. The summed E-state index contributed by atoms with van der Waals surface area (Å²) in [5.41, 5.74) is 0.0193. The number of nitrogens with zero attached hydrogens (tertiary/aromatic N) is 1. The van der Waals surface area contributed by atoms with E-state index in [9.17, 15) is 15.2 Å². The van der Waals surface area contributed by atoms with Crippen molar-refractivity contribution in [3.05, 3.63) is 43.0 Å². The maximum atomic E-state index is 10.1. The standard InChI is InChI=1S/C8H4Cl3NO3/c9-5-3-6(10)8(13)4(7(5)11)1-2-12(14)15/h1-3,13H/b2-1+. The first kappa shape index (κ1) is 12.1. The highest BCUT2D eigenvalue weighted by Gasteiger charge is 2.13. The van der Waals surface area contributed by atoms with Crippen LogP contribution in [0.25, 0.3) is 6.08 Å². The number of nitro groups is 1. The lowest BCUT2D eigenvalue weighted by Gasteiger charge is -2.05. The molecule has 0 atom stereocenters. The van der Waals surface area contributed by atoms with Gasteiger partial charge >= 0.3 is 0 Å². The molecule has 0 aromatic heterocycles. The lowest BCUT2D eigenvalue weighted by molar-refractivity contribution is -0.400. The molecule has 0 heterocycles. The van der Waals surface area contributed by atoms with Gasteiger partial charge in [-0.15, -0.1) is 0 Å². The molecule has 1 aromatic rings. The van der Waals surface area contributed by atoms with Crippen molar-refractivity contribution in [1.82, 2.24) is 0 Å². The van der Waals surface area contributed by atoms with Gasteiger partial charge in [0.05, 0.1) is 20.0 Å². The Morgan fingerprint density at radius 3 is 2.47 bits per heavy atom. The number of phenols is 1. The average Bonchev–Trinajstić information content (AvgIpc) is 2.14. The van der Waals surface area contributed by atoms with E-state index in [4.69, 9.17) is 34.8 Å². The van der Waals surface area contributed by atoms with Gasteiger partial charge in [0.15, 0.2) is 0 Å². The number of phenolic OH excluding ortho intramolecular Hbond substituents is 1. The molecule has 0 aliphatic rings. The zero-order chi connectivity index (χ0) is 11.6. The third kappa shape index (κ3) is 2.75.